The van der Waals surface area contributed by atoms with Gasteiger partial charge in [-0.1, -0.05) is 12.1 Å². The number of aromatic nitrogens is 4. The van der Waals surface area contributed by atoms with Crippen molar-refractivity contribution in [3.63, 3.8) is 0 Å². The first kappa shape index (κ1) is 25.0. The number of aryl methyl sites for hydroxylation is 2. The summed E-state index contributed by atoms with van der Waals surface area (Å²) in [6.07, 6.45) is 1.21. The van der Waals surface area contributed by atoms with Crippen molar-refractivity contribution in [1.82, 2.24) is 24.9 Å². The summed E-state index contributed by atoms with van der Waals surface area (Å²) in [5, 5.41) is 12.6. The zero-order valence-electron chi connectivity index (χ0n) is 21.6. The maximum atomic E-state index is 13.4. The smallest absolute Gasteiger partial charge is 0.272 e. The second-order valence-electron chi connectivity index (χ2n) is 9.13. The first-order valence-corrected chi connectivity index (χ1v) is 12.2. The molecule has 2 heterocycles. The van der Waals surface area contributed by atoms with Gasteiger partial charge in [-0.2, -0.15) is 10.2 Å². The van der Waals surface area contributed by atoms with Crippen LogP contribution >= 0.6 is 0 Å². The van der Waals surface area contributed by atoms with Crippen LogP contribution in [-0.4, -0.2) is 38.6 Å². The van der Waals surface area contributed by atoms with Crippen molar-refractivity contribution in [3.05, 3.63) is 102 Å². The SMILES string of the molecule is COc1cccc(C(Oc2ccc3c(cnn3-c3ccc(F)cc3)c2)C(C)NC(=O)c2cc(C)n(C)n2)c1. The maximum absolute atomic E-state index is 13.4. The average molecular weight is 514 g/mol. The number of halogens is 1. The lowest BCUT2D eigenvalue weighted by Crippen LogP contribution is -2.39. The largest absolute Gasteiger partial charge is 0.497 e. The molecule has 0 bridgehead atoms. The maximum Gasteiger partial charge on any atom is 0.272 e. The van der Waals surface area contributed by atoms with Crippen molar-refractivity contribution in [3.8, 4) is 17.2 Å². The predicted octanol–water partition coefficient (Wildman–Crippen LogP) is 5.15. The number of carbonyl (C=O) groups excluding carboxylic acids is 1. The van der Waals surface area contributed by atoms with E-state index in [0.29, 0.717) is 17.2 Å². The molecule has 3 aromatic carbocycles. The van der Waals surface area contributed by atoms with E-state index in [0.717, 1.165) is 27.8 Å². The van der Waals surface area contributed by atoms with Gasteiger partial charge in [0, 0.05) is 18.1 Å². The van der Waals surface area contributed by atoms with Gasteiger partial charge in [0.2, 0.25) is 0 Å². The summed E-state index contributed by atoms with van der Waals surface area (Å²) in [4.78, 5) is 13.0. The van der Waals surface area contributed by atoms with E-state index < -0.39 is 12.1 Å². The second-order valence-corrected chi connectivity index (χ2v) is 9.13. The third-order valence-corrected chi connectivity index (χ3v) is 6.46. The molecule has 1 amide bonds. The molecule has 2 aromatic heterocycles. The van der Waals surface area contributed by atoms with E-state index in [1.807, 2.05) is 56.3 Å². The Kier molecular flexibility index (Phi) is 6.83. The van der Waals surface area contributed by atoms with Crippen LogP contribution in [0.15, 0.2) is 79.0 Å². The van der Waals surface area contributed by atoms with E-state index in [4.69, 9.17) is 9.47 Å². The standard InChI is InChI=1S/C29H28FN5O3/c1-18-14-26(33-34(18)3)29(36)32-19(2)28(20-6-5-7-24(15-20)37-4)38-25-12-13-27-21(16-25)17-31-35(27)23-10-8-22(30)9-11-23/h5-17,19,28H,1-4H3,(H,32,36). The molecular weight excluding hydrogens is 485 g/mol. The molecule has 0 saturated carbocycles. The summed E-state index contributed by atoms with van der Waals surface area (Å²) in [5.41, 5.74) is 3.68. The summed E-state index contributed by atoms with van der Waals surface area (Å²) < 4.78 is 28.7. The molecule has 0 radical (unpaired) electrons. The number of rotatable bonds is 8. The molecule has 0 aliphatic carbocycles. The predicted molar refractivity (Wildman–Crippen MR) is 142 cm³/mol. The first-order chi connectivity index (χ1) is 18.3. The number of ether oxygens (including phenoxy) is 2. The molecule has 0 spiro atoms. The molecule has 1 N–H and O–H groups in total. The third-order valence-electron chi connectivity index (χ3n) is 6.46. The topological polar surface area (TPSA) is 83.2 Å². The molecule has 5 rings (SSSR count). The van der Waals surface area contributed by atoms with Crippen LogP contribution in [0, 0.1) is 12.7 Å². The Balaban J connectivity index is 1.44. The fourth-order valence-electron chi connectivity index (χ4n) is 4.32. The second kappa shape index (κ2) is 10.4. The highest BCUT2D eigenvalue weighted by molar-refractivity contribution is 5.92. The van der Waals surface area contributed by atoms with Crippen LogP contribution in [0.2, 0.25) is 0 Å². The van der Waals surface area contributed by atoms with E-state index in [-0.39, 0.29) is 11.7 Å². The van der Waals surface area contributed by atoms with Gasteiger partial charge in [0.15, 0.2) is 0 Å². The van der Waals surface area contributed by atoms with Crippen molar-refractivity contribution < 1.29 is 18.7 Å². The Hall–Kier alpha value is -4.66. The van der Waals surface area contributed by atoms with Crippen molar-refractivity contribution in [2.24, 2.45) is 7.05 Å². The molecule has 5 aromatic rings. The van der Waals surface area contributed by atoms with Crippen LogP contribution in [0.3, 0.4) is 0 Å². The van der Waals surface area contributed by atoms with Crippen LogP contribution in [0.1, 0.15) is 34.8 Å². The highest BCUT2D eigenvalue weighted by Crippen LogP contribution is 2.30. The van der Waals surface area contributed by atoms with E-state index in [2.05, 4.69) is 15.5 Å². The Morgan fingerprint density at radius 2 is 1.82 bits per heavy atom. The van der Waals surface area contributed by atoms with Gasteiger partial charge in [-0.05, 0) is 80.1 Å². The first-order valence-electron chi connectivity index (χ1n) is 12.2. The molecule has 0 aliphatic heterocycles. The molecule has 38 heavy (non-hydrogen) atoms. The minimum absolute atomic E-state index is 0.284. The Morgan fingerprint density at radius 3 is 2.53 bits per heavy atom. The van der Waals surface area contributed by atoms with Gasteiger partial charge in [-0.25, -0.2) is 9.07 Å². The van der Waals surface area contributed by atoms with Gasteiger partial charge in [0.25, 0.3) is 5.91 Å². The molecule has 2 atom stereocenters. The van der Waals surface area contributed by atoms with Crippen molar-refractivity contribution >= 4 is 16.8 Å². The van der Waals surface area contributed by atoms with E-state index in [9.17, 15) is 9.18 Å². The number of hydrogen-bond donors (Lipinski definition) is 1. The molecule has 0 saturated heterocycles. The summed E-state index contributed by atoms with van der Waals surface area (Å²) in [7, 11) is 3.41. The third kappa shape index (κ3) is 5.08. The van der Waals surface area contributed by atoms with Crippen molar-refractivity contribution in [2.45, 2.75) is 26.0 Å². The number of nitrogens with zero attached hydrogens (tertiary/aromatic N) is 4. The van der Waals surface area contributed by atoms with Crippen LogP contribution < -0.4 is 14.8 Å². The van der Waals surface area contributed by atoms with Gasteiger partial charge >= 0.3 is 0 Å². The molecule has 0 aliphatic rings. The minimum atomic E-state index is -0.525. The fourth-order valence-corrected chi connectivity index (χ4v) is 4.32. The number of fused-ring (bicyclic) bond motifs is 1. The van der Waals surface area contributed by atoms with E-state index in [1.165, 1.54) is 12.1 Å². The van der Waals surface area contributed by atoms with Gasteiger partial charge < -0.3 is 14.8 Å². The van der Waals surface area contributed by atoms with Crippen molar-refractivity contribution in [1.29, 1.82) is 0 Å². The van der Waals surface area contributed by atoms with Gasteiger partial charge in [0.05, 0.1) is 30.6 Å². The highest BCUT2D eigenvalue weighted by atomic mass is 19.1. The zero-order chi connectivity index (χ0) is 26.8. The number of carbonyl (C=O) groups is 1. The number of hydrogen-bond acceptors (Lipinski definition) is 5. The molecule has 9 heteroatoms. The highest BCUT2D eigenvalue weighted by Gasteiger charge is 2.25. The van der Waals surface area contributed by atoms with Crippen LogP contribution in [-0.2, 0) is 7.05 Å². The molecule has 0 fully saturated rings. The lowest BCUT2D eigenvalue weighted by atomic mass is 10.0. The Labute approximate surface area is 219 Å². The molecule has 2 unspecified atom stereocenters. The lowest BCUT2D eigenvalue weighted by Gasteiger charge is -2.26. The Bertz CT molecular complexity index is 1570. The summed E-state index contributed by atoms with van der Waals surface area (Å²) >= 11 is 0. The fraction of sp³-hybridized carbons (Fsp3) is 0.207. The number of amides is 1. The van der Waals surface area contributed by atoms with Gasteiger partial charge in [0.1, 0.15) is 29.1 Å². The average Bonchev–Trinajstić information content (AvgIpc) is 3.50. The van der Waals surface area contributed by atoms with Gasteiger partial charge in [-0.3, -0.25) is 9.48 Å². The monoisotopic (exact) mass is 513 g/mol. The Morgan fingerprint density at radius 1 is 1.03 bits per heavy atom. The molecule has 194 valence electrons. The van der Waals surface area contributed by atoms with Crippen LogP contribution in [0.25, 0.3) is 16.6 Å². The van der Waals surface area contributed by atoms with E-state index in [1.54, 1.807) is 47.9 Å². The normalized spacial score (nSPS) is 12.8. The lowest BCUT2D eigenvalue weighted by molar-refractivity contribution is 0.0876. The molecular formula is C29H28FN5O3. The molecule has 8 nitrogen and oxygen atoms in total. The van der Waals surface area contributed by atoms with Crippen molar-refractivity contribution in [2.75, 3.05) is 7.11 Å². The summed E-state index contributed by atoms with van der Waals surface area (Å²) in [5.74, 6) is 0.711. The number of benzene rings is 3. The van der Waals surface area contributed by atoms with Gasteiger partial charge in [-0.15, -0.1) is 0 Å². The number of nitrogens with one attached hydrogen (secondary N) is 1. The summed E-state index contributed by atoms with van der Waals surface area (Å²) in [6.45, 7) is 3.78. The minimum Gasteiger partial charge on any atom is -0.497 e. The van der Waals surface area contributed by atoms with Crippen LogP contribution in [0.4, 0.5) is 4.39 Å². The quantitative estimate of drug-likeness (QED) is 0.310. The van der Waals surface area contributed by atoms with Crippen LogP contribution in [0.5, 0.6) is 11.5 Å². The number of methoxy groups -OCH3 is 1. The summed E-state index contributed by atoms with van der Waals surface area (Å²) in [6, 6.07) is 20.7. The van der Waals surface area contributed by atoms with E-state index >= 15 is 0 Å². The zero-order valence-corrected chi connectivity index (χ0v) is 21.6.